The largest absolute Gasteiger partial charge is 0.349 e. The van der Waals surface area contributed by atoms with Crippen molar-refractivity contribution in [2.24, 2.45) is 0 Å². The Kier molecular flexibility index (Phi) is 7.64. The van der Waals surface area contributed by atoms with Crippen molar-refractivity contribution in [2.75, 3.05) is 25.0 Å². The van der Waals surface area contributed by atoms with Gasteiger partial charge in [0.15, 0.2) is 0 Å². The van der Waals surface area contributed by atoms with Gasteiger partial charge in [-0.15, -0.1) is 0 Å². The summed E-state index contributed by atoms with van der Waals surface area (Å²) in [7, 11) is 0. The van der Waals surface area contributed by atoms with Gasteiger partial charge in [0.25, 0.3) is 18.2 Å². The lowest BCUT2D eigenvalue weighted by Gasteiger charge is -2.32. The predicted molar refractivity (Wildman–Crippen MR) is 114 cm³/mol. The first kappa shape index (κ1) is 22.5. The zero-order valence-corrected chi connectivity index (χ0v) is 17.5. The minimum atomic E-state index is -2.34. The summed E-state index contributed by atoms with van der Waals surface area (Å²) in [6, 6.07) is 11.0. The third kappa shape index (κ3) is 6.39. The molecule has 160 valence electrons. The number of hydrogen-bond acceptors (Lipinski definition) is 3. The molecule has 1 saturated heterocycles. The molecular weight excluding hydrogens is 435 g/mol. The SMILES string of the molecule is O=C(Nc1ccc(C(=O)NC2CCN(CC(F)F)CC2)cc1)c1cc(Cl)cc(Cl)c1. The van der Waals surface area contributed by atoms with Crippen molar-refractivity contribution in [1.29, 1.82) is 0 Å². The number of benzene rings is 2. The summed E-state index contributed by atoms with van der Waals surface area (Å²) in [4.78, 5) is 26.5. The third-order valence-corrected chi connectivity index (χ3v) is 5.29. The number of likely N-dealkylation sites (tertiary alicyclic amines) is 1. The molecule has 2 aromatic carbocycles. The first-order valence-electron chi connectivity index (χ1n) is 9.49. The Morgan fingerprint density at radius 1 is 0.967 bits per heavy atom. The maximum Gasteiger partial charge on any atom is 0.255 e. The van der Waals surface area contributed by atoms with E-state index in [-0.39, 0.29) is 24.4 Å². The molecule has 0 saturated carbocycles. The standard InChI is InChI=1S/C21H21Cl2F2N3O2/c22-15-9-14(10-16(23)11-15)21(30)26-17-3-1-13(2-4-17)20(29)27-18-5-7-28(8-6-18)12-19(24)25/h1-4,9-11,18-19H,5-8,12H2,(H,26,30)(H,27,29). The molecule has 0 bridgehead atoms. The van der Waals surface area contributed by atoms with Gasteiger partial charge in [0.1, 0.15) is 0 Å². The Balaban J connectivity index is 1.52. The van der Waals surface area contributed by atoms with Gasteiger partial charge in [0, 0.05) is 46.0 Å². The highest BCUT2D eigenvalue weighted by Crippen LogP contribution is 2.20. The molecule has 1 aliphatic heterocycles. The number of nitrogens with zero attached hydrogens (tertiary/aromatic N) is 1. The highest BCUT2D eigenvalue weighted by molar-refractivity contribution is 6.35. The zero-order chi connectivity index (χ0) is 21.7. The molecule has 2 amide bonds. The van der Waals surface area contributed by atoms with E-state index < -0.39 is 6.43 Å². The summed E-state index contributed by atoms with van der Waals surface area (Å²) >= 11 is 11.8. The Morgan fingerprint density at radius 2 is 1.57 bits per heavy atom. The van der Waals surface area contributed by atoms with Crippen molar-refractivity contribution in [3.05, 3.63) is 63.6 Å². The first-order chi connectivity index (χ1) is 14.3. The molecule has 1 aliphatic rings. The normalized spacial score (nSPS) is 15.2. The van der Waals surface area contributed by atoms with Gasteiger partial charge < -0.3 is 10.6 Å². The maximum absolute atomic E-state index is 12.4. The molecule has 0 radical (unpaired) electrons. The van der Waals surface area contributed by atoms with Gasteiger partial charge in [-0.05, 0) is 55.3 Å². The van der Waals surface area contributed by atoms with Crippen LogP contribution in [0.4, 0.5) is 14.5 Å². The van der Waals surface area contributed by atoms with Crippen molar-refractivity contribution in [2.45, 2.75) is 25.3 Å². The van der Waals surface area contributed by atoms with Crippen LogP contribution in [0, 0.1) is 0 Å². The van der Waals surface area contributed by atoms with Gasteiger partial charge in [-0.3, -0.25) is 14.5 Å². The number of halogens is 4. The topological polar surface area (TPSA) is 61.4 Å². The average Bonchev–Trinajstić information content (AvgIpc) is 2.69. The Morgan fingerprint density at radius 3 is 2.13 bits per heavy atom. The second-order valence-electron chi connectivity index (χ2n) is 7.13. The van der Waals surface area contributed by atoms with E-state index in [9.17, 15) is 18.4 Å². The van der Waals surface area contributed by atoms with Gasteiger partial charge in [-0.1, -0.05) is 23.2 Å². The minimum Gasteiger partial charge on any atom is -0.349 e. The number of hydrogen-bond donors (Lipinski definition) is 2. The van der Waals surface area contributed by atoms with Crippen LogP contribution in [-0.4, -0.2) is 48.8 Å². The molecule has 30 heavy (non-hydrogen) atoms. The summed E-state index contributed by atoms with van der Waals surface area (Å²) in [6.45, 7) is 0.844. The van der Waals surface area contributed by atoms with Crippen molar-refractivity contribution in [1.82, 2.24) is 10.2 Å². The molecule has 2 N–H and O–H groups in total. The molecule has 0 aromatic heterocycles. The molecule has 5 nitrogen and oxygen atoms in total. The summed E-state index contributed by atoms with van der Waals surface area (Å²) in [5.74, 6) is -0.603. The number of rotatable bonds is 6. The average molecular weight is 456 g/mol. The smallest absolute Gasteiger partial charge is 0.255 e. The molecule has 2 aromatic rings. The number of carbonyl (C=O) groups excluding carboxylic acids is 2. The van der Waals surface area contributed by atoms with Crippen LogP contribution in [0.15, 0.2) is 42.5 Å². The van der Waals surface area contributed by atoms with Crippen molar-refractivity contribution >= 4 is 40.7 Å². The molecule has 0 atom stereocenters. The van der Waals surface area contributed by atoms with Crippen molar-refractivity contribution in [3.8, 4) is 0 Å². The van der Waals surface area contributed by atoms with Crippen LogP contribution >= 0.6 is 23.2 Å². The monoisotopic (exact) mass is 455 g/mol. The lowest BCUT2D eigenvalue weighted by Crippen LogP contribution is -2.45. The van der Waals surface area contributed by atoms with Crippen LogP contribution in [0.25, 0.3) is 0 Å². The van der Waals surface area contributed by atoms with E-state index in [0.717, 1.165) is 0 Å². The number of anilines is 1. The molecule has 3 rings (SSSR count). The number of nitrogens with one attached hydrogen (secondary N) is 2. The van der Waals surface area contributed by atoms with Gasteiger partial charge in [-0.2, -0.15) is 0 Å². The molecule has 0 aliphatic carbocycles. The summed E-state index contributed by atoms with van der Waals surface area (Å²) in [5.41, 5.74) is 1.30. The fraction of sp³-hybridized carbons (Fsp3) is 0.333. The zero-order valence-electron chi connectivity index (χ0n) is 16.0. The fourth-order valence-electron chi connectivity index (χ4n) is 3.32. The molecule has 0 unspecified atom stereocenters. The van der Waals surface area contributed by atoms with E-state index in [2.05, 4.69) is 10.6 Å². The Hall–Kier alpha value is -2.22. The number of amides is 2. The van der Waals surface area contributed by atoms with Gasteiger partial charge in [-0.25, -0.2) is 8.78 Å². The highest BCUT2D eigenvalue weighted by Gasteiger charge is 2.23. The van der Waals surface area contributed by atoms with Crippen molar-refractivity contribution < 1.29 is 18.4 Å². The van der Waals surface area contributed by atoms with Crippen LogP contribution in [0.2, 0.25) is 10.0 Å². The van der Waals surface area contributed by atoms with Gasteiger partial charge in [0.05, 0.1) is 6.54 Å². The van der Waals surface area contributed by atoms with E-state index in [1.165, 1.54) is 18.2 Å². The van der Waals surface area contributed by atoms with Gasteiger partial charge >= 0.3 is 0 Å². The van der Waals surface area contributed by atoms with Crippen LogP contribution < -0.4 is 10.6 Å². The number of carbonyl (C=O) groups is 2. The Labute approximate surface area is 183 Å². The van der Waals surface area contributed by atoms with E-state index in [4.69, 9.17) is 23.2 Å². The van der Waals surface area contributed by atoms with Crippen LogP contribution in [0.1, 0.15) is 33.6 Å². The lowest BCUT2D eigenvalue weighted by molar-refractivity contribution is 0.0696. The minimum absolute atomic E-state index is 0.0432. The third-order valence-electron chi connectivity index (χ3n) is 4.85. The predicted octanol–water partition coefficient (Wildman–Crippen LogP) is 4.71. The second kappa shape index (κ2) is 10.2. The fourth-order valence-corrected chi connectivity index (χ4v) is 3.84. The van der Waals surface area contributed by atoms with Gasteiger partial charge in [0.2, 0.25) is 0 Å². The highest BCUT2D eigenvalue weighted by atomic mass is 35.5. The Bertz CT molecular complexity index is 881. The van der Waals surface area contributed by atoms with E-state index in [1.54, 1.807) is 29.2 Å². The maximum atomic E-state index is 12.4. The molecule has 0 spiro atoms. The summed E-state index contributed by atoms with van der Waals surface area (Å²) < 4.78 is 24.9. The van der Waals surface area contributed by atoms with E-state index >= 15 is 0 Å². The molecule has 1 heterocycles. The lowest BCUT2D eigenvalue weighted by atomic mass is 10.0. The van der Waals surface area contributed by atoms with E-state index in [1.807, 2.05) is 0 Å². The second-order valence-corrected chi connectivity index (χ2v) is 8.00. The van der Waals surface area contributed by atoms with Crippen LogP contribution in [0.3, 0.4) is 0 Å². The number of alkyl halides is 2. The summed E-state index contributed by atoms with van der Waals surface area (Å²) in [5, 5.41) is 6.39. The number of piperidine rings is 1. The molecule has 9 heteroatoms. The van der Waals surface area contributed by atoms with Crippen LogP contribution in [0.5, 0.6) is 0 Å². The quantitative estimate of drug-likeness (QED) is 0.663. The summed E-state index contributed by atoms with van der Waals surface area (Å²) in [6.07, 6.45) is -1.07. The van der Waals surface area contributed by atoms with E-state index in [0.29, 0.717) is 52.8 Å². The molecular formula is C21H21Cl2F2N3O2. The van der Waals surface area contributed by atoms with Crippen molar-refractivity contribution in [3.63, 3.8) is 0 Å². The first-order valence-corrected chi connectivity index (χ1v) is 10.2. The van der Waals surface area contributed by atoms with Crippen LogP contribution in [-0.2, 0) is 0 Å². The molecule has 1 fully saturated rings.